The summed E-state index contributed by atoms with van der Waals surface area (Å²) in [7, 11) is -2.88. The second kappa shape index (κ2) is 4.30. The summed E-state index contributed by atoms with van der Waals surface area (Å²) in [6.07, 6.45) is 4.77. The third kappa shape index (κ3) is 2.59. The first-order valence-electron chi connectivity index (χ1n) is 6.31. The maximum Gasteiger partial charge on any atom is 0.150 e. The number of aliphatic hydroxyl groups excluding tert-OH is 1. The molecule has 0 heterocycles. The van der Waals surface area contributed by atoms with E-state index < -0.39 is 9.84 Å². The Hall–Kier alpha value is -0.0900. The highest BCUT2D eigenvalue weighted by Crippen LogP contribution is 2.60. The van der Waals surface area contributed by atoms with E-state index in [2.05, 4.69) is 0 Å². The Labute approximate surface area is 98.2 Å². The zero-order chi connectivity index (χ0) is 11.8. The fourth-order valence-corrected chi connectivity index (χ4v) is 4.77. The van der Waals surface area contributed by atoms with Crippen molar-refractivity contribution in [3.63, 3.8) is 0 Å². The van der Waals surface area contributed by atoms with Gasteiger partial charge in [-0.25, -0.2) is 8.42 Å². The maximum atomic E-state index is 11.7. The number of aliphatic hydroxyl groups is 1. The lowest BCUT2D eigenvalue weighted by atomic mass is 9.81. The second-order valence-corrected chi connectivity index (χ2v) is 8.03. The van der Waals surface area contributed by atoms with E-state index in [1.165, 1.54) is 6.42 Å². The van der Waals surface area contributed by atoms with E-state index in [9.17, 15) is 13.5 Å². The first kappa shape index (κ1) is 12.4. The Morgan fingerprint density at radius 2 is 1.88 bits per heavy atom. The van der Waals surface area contributed by atoms with Crippen LogP contribution < -0.4 is 0 Å². The largest absolute Gasteiger partial charge is 0.396 e. The smallest absolute Gasteiger partial charge is 0.150 e. The molecular formula is C12H22O3S. The molecule has 0 bridgehead atoms. The van der Waals surface area contributed by atoms with Gasteiger partial charge in [0.1, 0.15) is 9.84 Å². The summed E-state index contributed by atoms with van der Waals surface area (Å²) >= 11 is 0. The molecule has 3 nitrogen and oxygen atoms in total. The van der Waals surface area contributed by atoms with E-state index in [1.807, 2.05) is 6.92 Å². The van der Waals surface area contributed by atoms with Crippen molar-refractivity contribution in [3.8, 4) is 0 Å². The van der Waals surface area contributed by atoms with Crippen molar-refractivity contribution in [3.05, 3.63) is 0 Å². The molecule has 4 heteroatoms. The van der Waals surface area contributed by atoms with E-state index in [-0.39, 0.29) is 17.8 Å². The summed E-state index contributed by atoms with van der Waals surface area (Å²) < 4.78 is 23.3. The Balaban J connectivity index is 1.88. The zero-order valence-corrected chi connectivity index (χ0v) is 10.8. The minimum Gasteiger partial charge on any atom is -0.396 e. The lowest BCUT2D eigenvalue weighted by Crippen LogP contribution is -2.27. The van der Waals surface area contributed by atoms with Gasteiger partial charge in [-0.3, -0.25) is 0 Å². The molecule has 2 unspecified atom stereocenters. The fraction of sp³-hybridized carbons (Fsp3) is 1.00. The second-order valence-electron chi connectivity index (χ2n) is 5.72. The van der Waals surface area contributed by atoms with Crippen LogP contribution in [0, 0.1) is 17.3 Å². The normalized spacial score (nSPS) is 37.4. The van der Waals surface area contributed by atoms with Crippen LogP contribution in [0.1, 0.15) is 39.0 Å². The minimum absolute atomic E-state index is 0.0611. The van der Waals surface area contributed by atoms with E-state index in [0.29, 0.717) is 18.6 Å². The van der Waals surface area contributed by atoms with E-state index in [1.54, 1.807) is 0 Å². The molecular weight excluding hydrogens is 224 g/mol. The molecule has 0 aliphatic heterocycles. The lowest BCUT2D eigenvalue weighted by Gasteiger charge is -2.28. The van der Waals surface area contributed by atoms with Crippen molar-refractivity contribution in [2.75, 3.05) is 18.1 Å². The standard InChI is InChI=1S/C12H22O3S/c1-2-4-16(14,15)5-3-12(9-13)7-10-6-11(10)8-12/h10-11,13H,2-9H2,1H3. The number of rotatable bonds is 6. The van der Waals surface area contributed by atoms with Gasteiger partial charge in [-0.05, 0) is 49.4 Å². The molecule has 0 aromatic rings. The molecule has 0 amide bonds. The molecule has 0 saturated heterocycles. The SMILES string of the molecule is CCCS(=O)(=O)CCC1(CO)CC2CC2C1. The van der Waals surface area contributed by atoms with E-state index in [0.717, 1.165) is 24.7 Å². The average Bonchev–Trinajstić information content (AvgIpc) is 2.84. The summed E-state index contributed by atoms with van der Waals surface area (Å²) in [5.74, 6) is 2.14. The van der Waals surface area contributed by atoms with Crippen LogP contribution in [0.3, 0.4) is 0 Å². The van der Waals surface area contributed by atoms with Gasteiger partial charge in [0.2, 0.25) is 0 Å². The van der Waals surface area contributed by atoms with Gasteiger partial charge in [-0.2, -0.15) is 0 Å². The highest BCUT2D eigenvalue weighted by molar-refractivity contribution is 7.91. The molecule has 0 radical (unpaired) electrons. The monoisotopic (exact) mass is 246 g/mol. The van der Waals surface area contributed by atoms with Crippen LogP contribution in [0.15, 0.2) is 0 Å². The van der Waals surface area contributed by atoms with Gasteiger partial charge in [0.05, 0.1) is 5.75 Å². The molecule has 0 aromatic heterocycles. The van der Waals surface area contributed by atoms with Gasteiger partial charge in [0.25, 0.3) is 0 Å². The fourth-order valence-electron chi connectivity index (χ4n) is 3.20. The summed E-state index contributed by atoms with van der Waals surface area (Å²) in [6, 6.07) is 0. The van der Waals surface area contributed by atoms with Crippen LogP contribution in [0.2, 0.25) is 0 Å². The van der Waals surface area contributed by atoms with Crippen molar-refractivity contribution in [1.82, 2.24) is 0 Å². The molecule has 2 atom stereocenters. The Morgan fingerprint density at radius 3 is 2.38 bits per heavy atom. The quantitative estimate of drug-likeness (QED) is 0.774. The Morgan fingerprint density at radius 1 is 1.25 bits per heavy atom. The van der Waals surface area contributed by atoms with Crippen molar-refractivity contribution < 1.29 is 13.5 Å². The van der Waals surface area contributed by atoms with Crippen LogP contribution in [-0.4, -0.2) is 31.6 Å². The molecule has 0 spiro atoms. The minimum atomic E-state index is -2.88. The molecule has 2 rings (SSSR count). The van der Waals surface area contributed by atoms with Crippen LogP contribution in [0.4, 0.5) is 0 Å². The van der Waals surface area contributed by atoms with Gasteiger partial charge in [0.15, 0.2) is 0 Å². The van der Waals surface area contributed by atoms with Gasteiger partial charge >= 0.3 is 0 Å². The van der Waals surface area contributed by atoms with Gasteiger partial charge < -0.3 is 5.11 Å². The van der Waals surface area contributed by atoms with Crippen LogP contribution in [-0.2, 0) is 9.84 Å². The molecule has 1 N–H and O–H groups in total. The number of fused-ring (bicyclic) bond motifs is 1. The molecule has 2 aliphatic carbocycles. The van der Waals surface area contributed by atoms with Gasteiger partial charge in [-0.15, -0.1) is 0 Å². The van der Waals surface area contributed by atoms with Crippen molar-refractivity contribution in [2.45, 2.75) is 39.0 Å². The summed E-state index contributed by atoms with van der Waals surface area (Å²) in [6.45, 7) is 2.06. The summed E-state index contributed by atoms with van der Waals surface area (Å²) in [5.41, 5.74) is -0.0611. The third-order valence-electron chi connectivity index (χ3n) is 4.25. The number of sulfone groups is 1. The molecule has 2 saturated carbocycles. The van der Waals surface area contributed by atoms with Crippen LogP contribution in [0.25, 0.3) is 0 Å². The van der Waals surface area contributed by atoms with Crippen LogP contribution in [0.5, 0.6) is 0 Å². The lowest BCUT2D eigenvalue weighted by molar-refractivity contribution is 0.113. The number of hydrogen-bond acceptors (Lipinski definition) is 3. The van der Waals surface area contributed by atoms with Crippen molar-refractivity contribution in [2.24, 2.45) is 17.3 Å². The zero-order valence-electron chi connectivity index (χ0n) is 9.98. The summed E-state index contributed by atoms with van der Waals surface area (Å²) in [5, 5.41) is 9.49. The average molecular weight is 246 g/mol. The van der Waals surface area contributed by atoms with Gasteiger partial charge in [0, 0.05) is 12.4 Å². The maximum absolute atomic E-state index is 11.7. The predicted octanol–water partition coefficient (Wildman–Crippen LogP) is 1.61. The van der Waals surface area contributed by atoms with Gasteiger partial charge in [-0.1, -0.05) is 6.92 Å². The van der Waals surface area contributed by atoms with Crippen molar-refractivity contribution >= 4 is 9.84 Å². The van der Waals surface area contributed by atoms with E-state index in [4.69, 9.17) is 0 Å². The number of hydrogen-bond donors (Lipinski definition) is 1. The van der Waals surface area contributed by atoms with Crippen molar-refractivity contribution in [1.29, 1.82) is 0 Å². The van der Waals surface area contributed by atoms with E-state index >= 15 is 0 Å². The first-order chi connectivity index (χ1) is 7.50. The molecule has 94 valence electrons. The Bertz CT molecular complexity index is 337. The molecule has 2 fully saturated rings. The molecule has 0 aromatic carbocycles. The van der Waals surface area contributed by atoms with Crippen LogP contribution >= 0.6 is 0 Å². The summed E-state index contributed by atoms with van der Waals surface area (Å²) in [4.78, 5) is 0. The highest BCUT2D eigenvalue weighted by Gasteiger charge is 2.53. The third-order valence-corrected chi connectivity index (χ3v) is 6.11. The predicted molar refractivity (Wildman–Crippen MR) is 63.9 cm³/mol. The molecule has 2 aliphatic rings. The topological polar surface area (TPSA) is 54.4 Å². The highest BCUT2D eigenvalue weighted by atomic mass is 32.2. The molecule has 16 heavy (non-hydrogen) atoms. The first-order valence-corrected chi connectivity index (χ1v) is 8.14. The Kier molecular flexibility index (Phi) is 3.32.